The average molecular weight is 259 g/mol. The van der Waals surface area contributed by atoms with Gasteiger partial charge in [0.15, 0.2) is 0 Å². The fraction of sp³-hybridized carbons (Fsp3) is 0.750. The standard InChI is InChI=1S/C8H12Cl2O5/c1-2-3-4-5-8(13,14-6(9)11)15-7(10)12/h13H,2-5H2,1H3. The molecule has 0 aliphatic carbocycles. The third-order valence-corrected chi connectivity index (χ3v) is 1.73. The number of hydrogen-bond acceptors (Lipinski definition) is 5. The summed E-state index contributed by atoms with van der Waals surface area (Å²) in [6, 6.07) is 0. The van der Waals surface area contributed by atoms with Gasteiger partial charge in [0.2, 0.25) is 0 Å². The molecule has 0 rings (SSSR count). The first kappa shape index (κ1) is 14.5. The lowest BCUT2D eigenvalue weighted by Crippen LogP contribution is -2.37. The van der Waals surface area contributed by atoms with Gasteiger partial charge >= 0.3 is 16.8 Å². The molecule has 88 valence electrons. The van der Waals surface area contributed by atoms with Crippen LogP contribution in [0, 0.1) is 0 Å². The van der Waals surface area contributed by atoms with Gasteiger partial charge in [-0.15, -0.1) is 0 Å². The van der Waals surface area contributed by atoms with Crippen LogP contribution < -0.4 is 0 Å². The number of carbonyl (C=O) groups excluding carboxylic acids is 2. The predicted octanol–water partition coefficient (Wildman–Crippen LogP) is 2.96. The molecule has 15 heavy (non-hydrogen) atoms. The molecule has 0 aromatic heterocycles. The zero-order valence-electron chi connectivity index (χ0n) is 8.16. The van der Waals surface area contributed by atoms with Crippen LogP contribution in [0.3, 0.4) is 0 Å². The Kier molecular flexibility index (Phi) is 6.63. The Balaban J connectivity index is 4.26. The summed E-state index contributed by atoms with van der Waals surface area (Å²) < 4.78 is 8.50. The zero-order valence-corrected chi connectivity index (χ0v) is 9.68. The number of hydrogen-bond donors (Lipinski definition) is 1. The van der Waals surface area contributed by atoms with E-state index in [9.17, 15) is 14.7 Å². The largest absolute Gasteiger partial charge is 0.408 e. The quantitative estimate of drug-likeness (QED) is 0.451. The molecule has 0 radical (unpaired) electrons. The molecule has 0 fully saturated rings. The van der Waals surface area contributed by atoms with Crippen molar-refractivity contribution in [2.24, 2.45) is 0 Å². The SMILES string of the molecule is CCCCCC(O)(OC(=O)Cl)OC(=O)Cl. The highest BCUT2D eigenvalue weighted by molar-refractivity contribution is 6.61. The molecule has 0 aromatic carbocycles. The van der Waals surface area contributed by atoms with E-state index in [1.54, 1.807) is 0 Å². The Morgan fingerprint density at radius 3 is 2.00 bits per heavy atom. The molecule has 1 N–H and O–H groups in total. The Morgan fingerprint density at radius 1 is 1.20 bits per heavy atom. The van der Waals surface area contributed by atoms with Gasteiger partial charge in [0.25, 0.3) is 0 Å². The van der Waals surface area contributed by atoms with E-state index in [4.69, 9.17) is 23.2 Å². The van der Waals surface area contributed by atoms with Gasteiger partial charge in [0, 0.05) is 23.2 Å². The lowest BCUT2D eigenvalue weighted by atomic mass is 10.2. The molecule has 0 heterocycles. The second kappa shape index (κ2) is 6.87. The van der Waals surface area contributed by atoms with E-state index < -0.39 is 16.8 Å². The van der Waals surface area contributed by atoms with Crippen LogP contribution in [-0.2, 0) is 9.47 Å². The van der Waals surface area contributed by atoms with Crippen LogP contribution in [0.4, 0.5) is 9.59 Å². The second-order valence-electron chi connectivity index (χ2n) is 2.85. The molecule has 7 heteroatoms. The summed E-state index contributed by atoms with van der Waals surface area (Å²) in [5.41, 5.74) is -2.54. The monoisotopic (exact) mass is 258 g/mol. The molecule has 5 nitrogen and oxygen atoms in total. The van der Waals surface area contributed by atoms with Crippen LogP contribution in [0.5, 0.6) is 0 Å². The summed E-state index contributed by atoms with van der Waals surface area (Å²) in [6.45, 7) is 1.94. The van der Waals surface area contributed by atoms with Gasteiger partial charge in [-0.2, -0.15) is 0 Å². The van der Waals surface area contributed by atoms with Gasteiger partial charge in [-0.25, -0.2) is 9.59 Å². The zero-order chi connectivity index (χ0) is 11.9. The molecular formula is C8H12Cl2O5. The summed E-state index contributed by atoms with van der Waals surface area (Å²) in [5, 5.41) is 9.52. The van der Waals surface area contributed by atoms with Gasteiger partial charge in [0.05, 0.1) is 6.42 Å². The maximum Gasteiger partial charge on any atom is 0.408 e. The van der Waals surface area contributed by atoms with Crippen molar-refractivity contribution in [2.75, 3.05) is 0 Å². The number of carbonyl (C=O) groups is 2. The smallest absolute Gasteiger partial charge is 0.386 e. The first-order chi connectivity index (χ1) is 6.89. The number of rotatable bonds is 6. The van der Waals surface area contributed by atoms with Crippen LogP contribution in [0.2, 0.25) is 0 Å². The van der Waals surface area contributed by atoms with E-state index in [0.717, 1.165) is 12.8 Å². The molecule has 0 spiro atoms. The molecule has 0 saturated heterocycles. The Hall–Kier alpha value is -0.520. The topological polar surface area (TPSA) is 72.8 Å². The van der Waals surface area contributed by atoms with Gasteiger partial charge in [-0.05, 0) is 6.42 Å². The van der Waals surface area contributed by atoms with E-state index in [2.05, 4.69) is 9.47 Å². The van der Waals surface area contributed by atoms with Crippen molar-refractivity contribution >= 4 is 34.1 Å². The molecule has 0 atom stereocenters. The number of aliphatic hydroxyl groups is 1. The highest BCUT2D eigenvalue weighted by Gasteiger charge is 2.35. The predicted molar refractivity (Wildman–Crippen MR) is 53.8 cm³/mol. The van der Waals surface area contributed by atoms with Crippen LogP contribution in [0.15, 0.2) is 0 Å². The lowest BCUT2D eigenvalue weighted by molar-refractivity contribution is -0.299. The summed E-state index contributed by atoms with van der Waals surface area (Å²) in [5.74, 6) is -2.37. The van der Waals surface area contributed by atoms with Crippen molar-refractivity contribution in [2.45, 2.75) is 38.6 Å². The highest BCUT2D eigenvalue weighted by Crippen LogP contribution is 2.21. The first-order valence-electron chi connectivity index (χ1n) is 4.39. The minimum atomic E-state index is -2.37. The third kappa shape index (κ3) is 7.41. The molecule has 0 bridgehead atoms. The van der Waals surface area contributed by atoms with Crippen molar-refractivity contribution in [3.63, 3.8) is 0 Å². The van der Waals surface area contributed by atoms with Crippen molar-refractivity contribution in [3.05, 3.63) is 0 Å². The van der Waals surface area contributed by atoms with Gasteiger partial charge in [-0.3, -0.25) is 0 Å². The molecule has 0 saturated carbocycles. The van der Waals surface area contributed by atoms with E-state index in [1.807, 2.05) is 6.92 Å². The third-order valence-electron chi connectivity index (χ3n) is 1.58. The molecule has 0 amide bonds. The molecule has 0 aromatic rings. The fourth-order valence-corrected chi connectivity index (χ4v) is 1.21. The number of unbranched alkanes of at least 4 members (excludes halogenated alkanes) is 2. The summed E-state index contributed by atoms with van der Waals surface area (Å²) in [7, 11) is 0. The van der Waals surface area contributed by atoms with Crippen LogP contribution >= 0.6 is 23.2 Å². The molecule has 0 aliphatic heterocycles. The van der Waals surface area contributed by atoms with Gasteiger partial charge in [0.1, 0.15) is 0 Å². The Bertz CT molecular complexity index is 215. The maximum atomic E-state index is 10.4. The summed E-state index contributed by atoms with van der Waals surface area (Å²) in [4.78, 5) is 20.8. The van der Waals surface area contributed by atoms with E-state index in [-0.39, 0.29) is 6.42 Å². The first-order valence-corrected chi connectivity index (χ1v) is 5.14. The van der Waals surface area contributed by atoms with E-state index in [1.165, 1.54) is 0 Å². The van der Waals surface area contributed by atoms with Crippen molar-refractivity contribution < 1.29 is 24.2 Å². The Labute approximate surface area is 97.2 Å². The average Bonchev–Trinajstić information content (AvgIpc) is 2.00. The fourth-order valence-electron chi connectivity index (χ4n) is 0.972. The van der Waals surface area contributed by atoms with Crippen molar-refractivity contribution in [3.8, 4) is 0 Å². The molecule has 0 unspecified atom stereocenters. The summed E-state index contributed by atoms with van der Waals surface area (Å²) >= 11 is 9.81. The van der Waals surface area contributed by atoms with Crippen molar-refractivity contribution in [1.29, 1.82) is 0 Å². The molecule has 0 aliphatic rings. The van der Waals surface area contributed by atoms with E-state index in [0.29, 0.717) is 6.42 Å². The maximum absolute atomic E-state index is 10.4. The Morgan fingerprint density at radius 2 is 1.67 bits per heavy atom. The van der Waals surface area contributed by atoms with Crippen LogP contribution in [0.25, 0.3) is 0 Å². The second-order valence-corrected chi connectivity index (χ2v) is 3.47. The molecular weight excluding hydrogens is 247 g/mol. The van der Waals surface area contributed by atoms with Gasteiger partial charge in [-0.1, -0.05) is 19.8 Å². The number of halogens is 2. The lowest BCUT2D eigenvalue weighted by Gasteiger charge is -2.24. The number of ether oxygens (including phenoxy) is 2. The highest BCUT2D eigenvalue weighted by atomic mass is 35.5. The van der Waals surface area contributed by atoms with Crippen molar-refractivity contribution in [1.82, 2.24) is 0 Å². The van der Waals surface area contributed by atoms with Gasteiger partial charge < -0.3 is 14.6 Å². The normalized spacial score (nSPS) is 10.9. The minimum Gasteiger partial charge on any atom is -0.386 e. The van der Waals surface area contributed by atoms with E-state index >= 15 is 0 Å². The van der Waals surface area contributed by atoms with Crippen LogP contribution in [0.1, 0.15) is 32.6 Å². The van der Waals surface area contributed by atoms with Crippen LogP contribution in [-0.4, -0.2) is 21.9 Å². The summed E-state index contributed by atoms with van der Waals surface area (Å²) in [6.07, 6.45) is 2.10. The minimum absolute atomic E-state index is 0.0717.